The summed E-state index contributed by atoms with van der Waals surface area (Å²) in [6.45, 7) is 0. The van der Waals surface area contributed by atoms with Crippen molar-refractivity contribution in [3.05, 3.63) is 54.6 Å². The predicted octanol–water partition coefficient (Wildman–Crippen LogP) is 4.34. The highest BCUT2D eigenvalue weighted by Crippen LogP contribution is 2.35. The van der Waals surface area contributed by atoms with Crippen LogP contribution < -0.4 is 10.1 Å². The molecule has 0 spiro atoms. The average Bonchev–Trinajstić information content (AvgIpc) is 2.46. The zero-order valence-electron chi connectivity index (χ0n) is 11.2. The summed E-state index contributed by atoms with van der Waals surface area (Å²) in [6.07, 6.45) is 2.97. The van der Waals surface area contributed by atoms with Gasteiger partial charge in [0.25, 0.3) is 0 Å². The normalized spacial score (nSPS) is 15.8. The van der Waals surface area contributed by atoms with E-state index in [0.29, 0.717) is 0 Å². The summed E-state index contributed by atoms with van der Waals surface area (Å²) in [5.41, 5.74) is 0.605. The monoisotopic (exact) mass is 264 g/mol. The molecule has 0 radical (unpaired) electrons. The smallest absolute Gasteiger partial charge is 0.127 e. The van der Waals surface area contributed by atoms with Gasteiger partial charge in [-0.2, -0.15) is 5.26 Å². The third-order valence-electron chi connectivity index (χ3n) is 3.64. The Morgan fingerprint density at radius 1 is 0.950 bits per heavy atom. The molecule has 20 heavy (non-hydrogen) atoms. The van der Waals surface area contributed by atoms with Gasteiger partial charge in [0.05, 0.1) is 6.07 Å². The topological polar surface area (TPSA) is 45.0 Å². The molecule has 0 unspecified atom stereocenters. The first-order chi connectivity index (χ1) is 9.80. The van der Waals surface area contributed by atoms with E-state index in [2.05, 4.69) is 11.4 Å². The second-order valence-corrected chi connectivity index (χ2v) is 5.11. The fourth-order valence-corrected chi connectivity index (χ4v) is 2.30. The number of anilines is 1. The maximum atomic E-state index is 9.21. The van der Waals surface area contributed by atoms with Crippen molar-refractivity contribution in [2.24, 2.45) is 0 Å². The second kappa shape index (κ2) is 5.26. The molecule has 3 heteroatoms. The van der Waals surface area contributed by atoms with Gasteiger partial charge in [0.2, 0.25) is 0 Å². The van der Waals surface area contributed by atoms with Gasteiger partial charge in [-0.1, -0.05) is 18.2 Å². The average molecular weight is 264 g/mol. The molecule has 1 aliphatic carbocycles. The number of nitriles is 1. The number of rotatable bonds is 4. The van der Waals surface area contributed by atoms with Crippen LogP contribution in [0.2, 0.25) is 0 Å². The molecule has 3 rings (SSSR count). The number of ether oxygens (including phenoxy) is 1. The highest BCUT2D eigenvalue weighted by Gasteiger charge is 2.36. The molecule has 3 nitrogen and oxygen atoms in total. The van der Waals surface area contributed by atoms with Crippen LogP contribution in [0.15, 0.2) is 54.6 Å². The van der Waals surface area contributed by atoms with E-state index in [9.17, 15) is 5.26 Å². The van der Waals surface area contributed by atoms with Crippen molar-refractivity contribution >= 4 is 5.69 Å². The highest BCUT2D eigenvalue weighted by atomic mass is 16.5. The summed E-state index contributed by atoms with van der Waals surface area (Å²) < 4.78 is 5.74. The van der Waals surface area contributed by atoms with Gasteiger partial charge < -0.3 is 10.1 Å². The van der Waals surface area contributed by atoms with E-state index in [1.807, 2.05) is 54.6 Å². The molecule has 2 aromatic carbocycles. The molecule has 0 bridgehead atoms. The Labute approximate surface area is 118 Å². The van der Waals surface area contributed by atoms with Gasteiger partial charge in [0.15, 0.2) is 0 Å². The zero-order chi connectivity index (χ0) is 13.8. The number of hydrogen-bond acceptors (Lipinski definition) is 3. The standard InChI is InChI=1S/C17H16N2O/c18-13-17(11-4-12-17)19-14-7-9-16(10-8-14)20-15-5-2-1-3-6-15/h1-3,5-10,19H,4,11-12H2. The SMILES string of the molecule is N#CC1(Nc2ccc(Oc3ccccc3)cc2)CCC1. The predicted molar refractivity (Wildman–Crippen MR) is 78.8 cm³/mol. The van der Waals surface area contributed by atoms with Crippen LogP contribution in [0.3, 0.4) is 0 Å². The molecule has 0 aliphatic heterocycles. The molecule has 100 valence electrons. The summed E-state index contributed by atoms with van der Waals surface area (Å²) in [4.78, 5) is 0. The van der Waals surface area contributed by atoms with E-state index in [1.54, 1.807) is 0 Å². The van der Waals surface area contributed by atoms with Gasteiger partial charge in [-0.15, -0.1) is 0 Å². The van der Waals surface area contributed by atoms with E-state index in [-0.39, 0.29) is 5.54 Å². The maximum absolute atomic E-state index is 9.21. The molecule has 2 aromatic rings. The second-order valence-electron chi connectivity index (χ2n) is 5.11. The molecule has 0 heterocycles. The van der Waals surface area contributed by atoms with Gasteiger partial charge in [0.1, 0.15) is 17.0 Å². The lowest BCUT2D eigenvalue weighted by Crippen LogP contribution is -2.43. The van der Waals surface area contributed by atoms with Crippen molar-refractivity contribution < 1.29 is 4.74 Å². The Bertz CT molecular complexity index is 610. The zero-order valence-corrected chi connectivity index (χ0v) is 11.2. The maximum Gasteiger partial charge on any atom is 0.127 e. The Hall–Kier alpha value is -2.47. The van der Waals surface area contributed by atoms with Gasteiger partial charge >= 0.3 is 0 Å². The molecule has 0 atom stereocenters. The van der Waals surface area contributed by atoms with E-state index in [4.69, 9.17) is 4.74 Å². The van der Waals surface area contributed by atoms with Gasteiger partial charge in [-0.3, -0.25) is 0 Å². The lowest BCUT2D eigenvalue weighted by Gasteiger charge is -2.36. The number of para-hydroxylation sites is 1. The van der Waals surface area contributed by atoms with Gasteiger partial charge in [-0.05, 0) is 55.7 Å². The molecular weight excluding hydrogens is 248 g/mol. The van der Waals surface area contributed by atoms with Crippen molar-refractivity contribution in [1.29, 1.82) is 5.26 Å². The molecule has 1 fully saturated rings. The molecule has 0 aromatic heterocycles. The number of hydrogen-bond donors (Lipinski definition) is 1. The van der Waals surface area contributed by atoms with Crippen LogP contribution in [0.4, 0.5) is 5.69 Å². The van der Waals surface area contributed by atoms with Crippen molar-refractivity contribution in [1.82, 2.24) is 0 Å². The lowest BCUT2D eigenvalue weighted by molar-refractivity contribution is 0.356. The van der Waals surface area contributed by atoms with Gasteiger partial charge in [-0.25, -0.2) is 0 Å². The summed E-state index contributed by atoms with van der Waals surface area (Å²) in [6, 6.07) is 19.8. The Morgan fingerprint density at radius 2 is 1.60 bits per heavy atom. The summed E-state index contributed by atoms with van der Waals surface area (Å²) >= 11 is 0. The highest BCUT2D eigenvalue weighted by molar-refractivity contribution is 5.51. The molecule has 0 saturated heterocycles. The first kappa shape index (κ1) is 12.6. The Balaban J connectivity index is 1.67. The molecule has 1 aliphatic rings. The number of nitrogens with one attached hydrogen (secondary N) is 1. The van der Waals surface area contributed by atoms with Crippen LogP contribution in [-0.4, -0.2) is 5.54 Å². The molecule has 1 N–H and O–H groups in total. The minimum absolute atomic E-state index is 0.359. The molecular formula is C17H16N2O. The van der Waals surface area contributed by atoms with E-state index in [0.717, 1.165) is 36.4 Å². The van der Waals surface area contributed by atoms with Crippen molar-refractivity contribution in [2.75, 3.05) is 5.32 Å². The first-order valence-corrected chi connectivity index (χ1v) is 6.82. The minimum Gasteiger partial charge on any atom is -0.457 e. The third-order valence-corrected chi connectivity index (χ3v) is 3.64. The van der Waals surface area contributed by atoms with E-state index in [1.165, 1.54) is 0 Å². The van der Waals surface area contributed by atoms with Crippen molar-refractivity contribution in [3.63, 3.8) is 0 Å². The molecule has 1 saturated carbocycles. The minimum atomic E-state index is -0.359. The first-order valence-electron chi connectivity index (χ1n) is 6.82. The summed E-state index contributed by atoms with van der Waals surface area (Å²) in [5.74, 6) is 1.61. The Morgan fingerprint density at radius 3 is 2.15 bits per heavy atom. The largest absolute Gasteiger partial charge is 0.457 e. The lowest BCUT2D eigenvalue weighted by atomic mass is 9.78. The van der Waals surface area contributed by atoms with E-state index >= 15 is 0 Å². The molecule has 0 amide bonds. The fraction of sp³-hybridized carbons (Fsp3) is 0.235. The van der Waals surface area contributed by atoms with Crippen molar-refractivity contribution in [2.45, 2.75) is 24.8 Å². The van der Waals surface area contributed by atoms with Crippen LogP contribution in [0.1, 0.15) is 19.3 Å². The third kappa shape index (κ3) is 2.60. The van der Waals surface area contributed by atoms with Crippen LogP contribution >= 0.6 is 0 Å². The number of nitrogens with zero attached hydrogens (tertiary/aromatic N) is 1. The van der Waals surface area contributed by atoms with E-state index < -0.39 is 0 Å². The van der Waals surface area contributed by atoms with Crippen LogP contribution in [0.25, 0.3) is 0 Å². The summed E-state index contributed by atoms with van der Waals surface area (Å²) in [7, 11) is 0. The Kier molecular flexibility index (Phi) is 3.30. The number of benzene rings is 2. The van der Waals surface area contributed by atoms with Crippen molar-refractivity contribution in [3.8, 4) is 17.6 Å². The summed E-state index contributed by atoms with van der Waals surface area (Å²) in [5, 5.41) is 12.5. The van der Waals surface area contributed by atoms with Crippen LogP contribution in [0.5, 0.6) is 11.5 Å². The van der Waals surface area contributed by atoms with Crippen LogP contribution in [0, 0.1) is 11.3 Å². The quantitative estimate of drug-likeness (QED) is 0.893. The van der Waals surface area contributed by atoms with Crippen LogP contribution in [-0.2, 0) is 0 Å². The fourth-order valence-electron chi connectivity index (χ4n) is 2.30. The van der Waals surface area contributed by atoms with Gasteiger partial charge in [0, 0.05) is 5.69 Å².